The Balaban J connectivity index is 5.57. The predicted octanol–water partition coefficient (Wildman–Crippen LogP) is 3.17. The van der Waals surface area contributed by atoms with Crippen LogP contribution in [0.5, 0.6) is 0 Å². The van der Waals surface area contributed by atoms with Gasteiger partial charge in [-0.3, -0.25) is 0 Å². The van der Waals surface area contributed by atoms with Crippen LogP contribution in [-0.4, -0.2) is 42.4 Å². The van der Waals surface area contributed by atoms with Crippen molar-refractivity contribution in [2.24, 2.45) is 0 Å². The van der Waals surface area contributed by atoms with E-state index in [4.69, 9.17) is 0 Å². The molecule has 0 aromatic heterocycles. The zero-order valence-electron chi connectivity index (χ0n) is 11.5. The second kappa shape index (κ2) is 6.71. The monoisotopic (exact) mass is 358 g/mol. The van der Waals surface area contributed by atoms with Gasteiger partial charge in [0.15, 0.2) is 6.10 Å². The van der Waals surface area contributed by atoms with E-state index in [2.05, 4.69) is 16.1 Å². The first-order chi connectivity index (χ1) is 10.0. The van der Waals surface area contributed by atoms with E-state index >= 15 is 0 Å². The lowest BCUT2D eigenvalue weighted by Crippen LogP contribution is -2.54. The van der Waals surface area contributed by atoms with Crippen LogP contribution in [0.3, 0.4) is 0 Å². The van der Waals surface area contributed by atoms with Gasteiger partial charge in [0.2, 0.25) is 0 Å². The Bertz CT molecular complexity index is 479. The molecule has 134 valence electrons. The smallest absolute Gasteiger partial charge is 0.450 e. The van der Waals surface area contributed by atoms with Crippen LogP contribution in [0.4, 0.5) is 35.1 Å². The molecule has 0 heterocycles. The molecule has 0 spiro atoms. The highest BCUT2D eigenvalue weighted by Crippen LogP contribution is 2.40. The third-order valence-electron chi connectivity index (χ3n) is 2.25. The molecule has 4 nitrogen and oxygen atoms in total. The standard InChI is InChI=1S/C11H10F8O4/c1-4(2)7(20)23-6(9(12,13)11(17,18)19)8(21)22-5(3)10(14,15)16/h5-6H,1H2,2-3H3. The van der Waals surface area contributed by atoms with Gasteiger partial charge in [0, 0.05) is 5.57 Å². The second-order valence-corrected chi connectivity index (χ2v) is 4.31. The Labute approximate surface area is 124 Å². The average molecular weight is 358 g/mol. The number of carbonyl (C=O) groups is 2. The molecule has 0 saturated heterocycles. The van der Waals surface area contributed by atoms with Crippen LogP contribution < -0.4 is 0 Å². The van der Waals surface area contributed by atoms with Gasteiger partial charge in [-0.2, -0.15) is 35.1 Å². The molecule has 0 aliphatic carbocycles. The van der Waals surface area contributed by atoms with E-state index in [0.29, 0.717) is 0 Å². The minimum atomic E-state index is -6.38. The van der Waals surface area contributed by atoms with Gasteiger partial charge in [-0.1, -0.05) is 6.58 Å². The highest BCUT2D eigenvalue weighted by molar-refractivity contribution is 5.89. The topological polar surface area (TPSA) is 52.6 Å². The zero-order valence-corrected chi connectivity index (χ0v) is 11.5. The molecule has 0 aliphatic heterocycles. The van der Waals surface area contributed by atoms with Gasteiger partial charge in [-0.15, -0.1) is 0 Å². The van der Waals surface area contributed by atoms with E-state index in [0.717, 1.165) is 6.92 Å². The molecule has 0 radical (unpaired) electrons. The van der Waals surface area contributed by atoms with Crippen LogP contribution in [0.15, 0.2) is 12.2 Å². The third kappa shape index (κ3) is 5.36. The van der Waals surface area contributed by atoms with E-state index in [1.54, 1.807) is 0 Å². The molecule has 0 aliphatic rings. The lowest BCUT2D eigenvalue weighted by Gasteiger charge is -2.28. The molecule has 0 N–H and O–H groups in total. The molecular formula is C11H10F8O4. The maximum atomic E-state index is 13.2. The Kier molecular flexibility index (Phi) is 6.16. The summed E-state index contributed by atoms with van der Waals surface area (Å²) >= 11 is 0. The molecule has 12 heteroatoms. The summed E-state index contributed by atoms with van der Waals surface area (Å²) in [6, 6.07) is 0. The lowest BCUT2D eigenvalue weighted by atomic mass is 10.1. The zero-order chi connectivity index (χ0) is 18.8. The Morgan fingerprint density at radius 1 is 0.957 bits per heavy atom. The van der Waals surface area contributed by atoms with Crippen LogP contribution in [0.25, 0.3) is 0 Å². The van der Waals surface area contributed by atoms with Gasteiger partial charge in [0.05, 0.1) is 0 Å². The average Bonchev–Trinajstić information content (AvgIpc) is 2.32. The summed E-state index contributed by atoms with van der Waals surface area (Å²) in [5.74, 6) is -10.5. The summed E-state index contributed by atoms with van der Waals surface area (Å²) in [4.78, 5) is 22.3. The molecule has 0 amide bonds. The molecule has 2 unspecified atom stereocenters. The minimum Gasteiger partial charge on any atom is -0.450 e. The van der Waals surface area contributed by atoms with Crippen molar-refractivity contribution in [1.82, 2.24) is 0 Å². The molecule has 0 aromatic carbocycles. The minimum absolute atomic E-state index is 0.196. The van der Waals surface area contributed by atoms with Crippen LogP contribution in [0.2, 0.25) is 0 Å². The third-order valence-corrected chi connectivity index (χ3v) is 2.25. The van der Waals surface area contributed by atoms with Gasteiger partial charge in [0.25, 0.3) is 6.10 Å². The normalized spacial score (nSPS) is 15.6. The first-order valence-corrected chi connectivity index (χ1v) is 5.60. The van der Waals surface area contributed by atoms with Crippen LogP contribution in [0, 0.1) is 0 Å². The maximum absolute atomic E-state index is 13.2. The Hall–Kier alpha value is -1.88. The van der Waals surface area contributed by atoms with Crippen molar-refractivity contribution in [3.63, 3.8) is 0 Å². The Morgan fingerprint density at radius 2 is 1.39 bits per heavy atom. The number of esters is 2. The predicted molar refractivity (Wildman–Crippen MR) is 57.3 cm³/mol. The number of hydrogen-bond acceptors (Lipinski definition) is 4. The number of halogens is 8. The van der Waals surface area contributed by atoms with Gasteiger partial charge in [0.1, 0.15) is 0 Å². The first-order valence-electron chi connectivity index (χ1n) is 5.60. The molecular weight excluding hydrogens is 348 g/mol. The van der Waals surface area contributed by atoms with Crippen molar-refractivity contribution in [2.45, 2.75) is 44.3 Å². The van der Waals surface area contributed by atoms with Crippen molar-refractivity contribution in [3.8, 4) is 0 Å². The number of ether oxygens (including phenoxy) is 2. The first kappa shape index (κ1) is 21.1. The van der Waals surface area contributed by atoms with E-state index in [9.17, 15) is 44.7 Å². The van der Waals surface area contributed by atoms with Crippen molar-refractivity contribution < 1.29 is 54.2 Å². The summed E-state index contributed by atoms with van der Waals surface area (Å²) in [7, 11) is 0. The molecule has 0 aromatic rings. The largest absolute Gasteiger partial charge is 0.458 e. The van der Waals surface area contributed by atoms with Crippen molar-refractivity contribution in [3.05, 3.63) is 12.2 Å². The summed E-state index contributed by atoms with van der Waals surface area (Å²) < 4.78 is 107. The fourth-order valence-corrected chi connectivity index (χ4v) is 0.929. The highest BCUT2D eigenvalue weighted by Gasteiger charge is 2.67. The lowest BCUT2D eigenvalue weighted by molar-refractivity contribution is -0.314. The fraction of sp³-hybridized carbons (Fsp3) is 0.636. The van der Waals surface area contributed by atoms with E-state index in [-0.39, 0.29) is 6.92 Å². The second-order valence-electron chi connectivity index (χ2n) is 4.31. The van der Waals surface area contributed by atoms with E-state index in [1.165, 1.54) is 0 Å². The van der Waals surface area contributed by atoms with Crippen LogP contribution in [0.1, 0.15) is 13.8 Å². The number of alkyl halides is 8. The molecule has 0 fully saturated rings. The van der Waals surface area contributed by atoms with Gasteiger partial charge in [-0.25, -0.2) is 9.59 Å². The molecule has 0 rings (SSSR count). The molecule has 0 bridgehead atoms. The summed E-state index contributed by atoms with van der Waals surface area (Å²) in [5.41, 5.74) is -0.662. The maximum Gasteiger partial charge on any atom is 0.458 e. The molecule has 2 atom stereocenters. The van der Waals surface area contributed by atoms with Gasteiger partial charge in [-0.05, 0) is 13.8 Å². The van der Waals surface area contributed by atoms with Crippen LogP contribution >= 0.6 is 0 Å². The number of carbonyl (C=O) groups excluding carboxylic acids is 2. The fourth-order valence-electron chi connectivity index (χ4n) is 0.929. The summed E-state index contributed by atoms with van der Waals surface area (Å²) in [6.45, 7) is 3.93. The van der Waals surface area contributed by atoms with Crippen LogP contribution in [-0.2, 0) is 19.1 Å². The Morgan fingerprint density at radius 3 is 1.70 bits per heavy atom. The quantitative estimate of drug-likeness (QED) is 0.430. The van der Waals surface area contributed by atoms with Crippen molar-refractivity contribution in [1.29, 1.82) is 0 Å². The number of rotatable bonds is 5. The SMILES string of the molecule is C=C(C)C(=O)OC(C(=O)OC(C)C(F)(F)F)C(F)(F)C(F)(F)F. The molecule has 0 saturated carbocycles. The van der Waals surface area contributed by atoms with Gasteiger partial charge >= 0.3 is 30.2 Å². The highest BCUT2D eigenvalue weighted by atomic mass is 19.4. The number of hydrogen-bond donors (Lipinski definition) is 0. The van der Waals surface area contributed by atoms with Gasteiger partial charge < -0.3 is 9.47 Å². The van der Waals surface area contributed by atoms with E-state index in [1.807, 2.05) is 0 Å². The van der Waals surface area contributed by atoms with E-state index < -0.39 is 48.0 Å². The van der Waals surface area contributed by atoms with Crippen molar-refractivity contribution >= 4 is 11.9 Å². The molecule has 23 heavy (non-hydrogen) atoms. The van der Waals surface area contributed by atoms with Crippen molar-refractivity contribution in [2.75, 3.05) is 0 Å². The summed E-state index contributed by atoms with van der Waals surface area (Å²) in [6.07, 6.45) is -18.5. The summed E-state index contributed by atoms with van der Waals surface area (Å²) in [5, 5.41) is 0.